The van der Waals surface area contributed by atoms with Crippen molar-refractivity contribution in [3.63, 3.8) is 0 Å². The third-order valence-corrected chi connectivity index (χ3v) is 5.33. The number of hydrogen-bond donors (Lipinski definition) is 1. The van der Waals surface area contributed by atoms with Crippen LogP contribution in [0.5, 0.6) is 0 Å². The summed E-state index contributed by atoms with van der Waals surface area (Å²) in [6.07, 6.45) is 6.35. The zero-order chi connectivity index (χ0) is 13.6. The van der Waals surface area contributed by atoms with E-state index in [1.54, 1.807) is 0 Å². The highest BCUT2D eigenvalue weighted by Crippen LogP contribution is 2.44. The molecule has 3 nitrogen and oxygen atoms in total. The molecule has 0 aromatic rings. The molecule has 19 heavy (non-hydrogen) atoms. The minimum atomic E-state index is 0.261. The lowest BCUT2D eigenvalue weighted by atomic mass is 9.64. The summed E-state index contributed by atoms with van der Waals surface area (Å²) < 4.78 is 12.0. The van der Waals surface area contributed by atoms with Crippen LogP contribution >= 0.6 is 0 Å². The van der Waals surface area contributed by atoms with Crippen LogP contribution in [-0.2, 0) is 9.47 Å². The molecule has 1 N–H and O–H groups in total. The molecule has 0 spiro atoms. The number of ether oxygens (including phenoxy) is 2. The van der Waals surface area contributed by atoms with Crippen LogP contribution in [0.4, 0.5) is 0 Å². The van der Waals surface area contributed by atoms with Crippen molar-refractivity contribution in [3.8, 4) is 0 Å². The number of fused-ring (bicyclic) bond motifs is 2. The van der Waals surface area contributed by atoms with E-state index in [9.17, 15) is 0 Å². The molecule has 0 aromatic carbocycles. The van der Waals surface area contributed by atoms with E-state index in [2.05, 4.69) is 33.0 Å². The summed E-state index contributed by atoms with van der Waals surface area (Å²) in [5.41, 5.74) is 0.261. The van der Waals surface area contributed by atoms with Crippen LogP contribution in [-0.4, -0.2) is 37.0 Å². The van der Waals surface area contributed by atoms with E-state index in [1.807, 2.05) is 0 Å². The van der Waals surface area contributed by atoms with Crippen LogP contribution in [0.25, 0.3) is 0 Å². The molecule has 0 aromatic heterocycles. The van der Waals surface area contributed by atoms with Crippen LogP contribution < -0.4 is 5.32 Å². The predicted molar refractivity (Wildman–Crippen MR) is 76.2 cm³/mol. The number of nitrogens with one attached hydrogen (secondary N) is 1. The smallest absolute Gasteiger partial charge is 0.0733 e. The van der Waals surface area contributed by atoms with E-state index in [4.69, 9.17) is 9.47 Å². The highest BCUT2D eigenvalue weighted by atomic mass is 16.5. The summed E-state index contributed by atoms with van der Waals surface area (Å²) in [6, 6.07) is 1.19. The van der Waals surface area contributed by atoms with E-state index in [-0.39, 0.29) is 5.41 Å². The van der Waals surface area contributed by atoms with Gasteiger partial charge in [-0.25, -0.2) is 0 Å². The molecular weight excluding hydrogens is 238 g/mol. The molecule has 3 aliphatic rings. The summed E-state index contributed by atoms with van der Waals surface area (Å²) in [5.74, 6) is 0.627. The second-order valence-electron chi connectivity index (χ2n) is 7.71. The van der Waals surface area contributed by atoms with Crippen molar-refractivity contribution in [2.45, 2.75) is 83.8 Å². The Morgan fingerprint density at radius 2 is 2.05 bits per heavy atom. The zero-order valence-electron chi connectivity index (χ0n) is 12.8. The van der Waals surface area contributed by atoms with Crippen LogP contribution in [0, 0.1) is 11.3 Å². The average molecular weight is 267 g/mol. The van der Waals surface area contributed by atoms with Gasteiger partial charge >= 0.3 is 0 Å². The Labute approximate surface area is 117 Å². The minimum absolute atomic E-state index is 0.261. The fourth-order valence-electron chi connectivity index (χ4n) is 3.83. The topological polar surface area (TPSA) is 30.5 Å². The molecule has 2 heterocycles. The van der Waals surface area contributed by atoms with Crippen molar-refractivity contribution in [2.24, 2.45) is 11.3 Å². The van der Waals surface area contributed by atoms with Gasteiger partial charge in [-0.2, -0.15) is 0 Å². The Hall–Kier alpha value is -0.120. The van der Waals surface area contributed by atoms with E-state index in [1.165, 1.54) is 19.3 Å². The zero-order valence-corrected chi connectivity index (χ0v) is 12.8. The van der Waals surface area contributed by atoms with E-state index in [0.717, 1.165) is 13.0 Å². The van der Waals surface area contributed by atoms with E-state index < -0.39 is 0 Å². The summed E-state index contributed by atoms with van der Waals surface area (Å²) >= 11 is 0. The monoisotopic (exact) mass is 267 g/mol. The summed E-state index contributed by atoms with van der Waals surface area (Å²) in [5, 5.41) is 3.85. The Morgan fingerprint density at radius 1 is 1.26 bits per heavy atom. The first-order chi connectivity index (χ1) is 8.96. The van der Waals surface area contributed by atoms with Gasteiger partial charge in [0.05, 0.1) is 18.3 Å². The van der Waals surface area contributed by atoms with Gasteiger partial charge in [0, 0.05) is 24.1 Å². The molecule has 2 bridgehead atoms. The van der Waals surface area contributed by atoms with Gasteiger partial charge in [0.1, 0.15) is 0 Å². The molecular formula is C16H29NO2. The van der Waals surface area contributed by atoms with Gasteiger partial charge < -0.3 is 14.8 Å². The summed E-state index contributed by atoms with van der Waals surface area (Å²) in [6.45, 7) is 10.0. The number of rotatable bonds is 5. The maximum atomic E-state index is 6.04. The first-order valence-electron chi connectivity index (χ1n) is 8.00. The third kappa shape index (κ3) is 2.57. The Balaban J connectivity index is 1.48. The lowest BCUT2D eigenvalue weighted by molar-refractivity contribution is -0.127. The summed E-state index contributed by atoms with van der Waals surface area (Å²) in [4.78, 5) is 0. The molecule has 1 saturated carbocycles. The fraction of sp³-hybridized carbons (Fsp3) is 1.00. The average Bonchev–Trinajstić information content (AvgIpc) is 2.94. The van der Waals surface area contributed by atoms with Crippen molar-refractivity contribution in [1.82, 2.24) is 5.32 Å². The van der Waals surface area contributed by atoms with Crippen LogP contribution in [0.1, 0.15) is 53.4 Å². The van der Waals surface area contributed by atoms with Gasteiger partial charge in [-0.1, -0.05) is 27.7 Å². The van der Waals surface area contributed by atoms with Crippen molar-refractivity contribution >= 4 is 0 Å². The summed E-state index contributed by atoms with van der Waals surface area (Å²) in [7, 11) is 0. The van der Waals surface area contributed by atoms with Crippen molar-refractivity contribution in [2.75, 3.05) is 6.61 Å². The molecule has 2 saturated heterocycles. The third-order valence-electron chi connectivity index (χ3n) is 5.33. The normalized spacial score (nSPS) is 43.7. The molecule has 3 fully saturated rings. The van der Waals surface area contributed by atoms with Gasteiger partial charge in [0.2, 0.25) is 0 Å². The minimum Gasteiger partial charge on any atom is -0.377 e. The lowest BCUT2D eigenvalue weighted by Crippen LogP contribution is -2.63. The van der Waals surface area contributed by atoms with Crippen LogP contribution in [0.2, 0.25) is 0 Å². The van der Waals surface area contributed by atoms with Gasteiger partial charge in [0.15, 0.2) is 0 Å². The molecule has 3 rings (SSSR count). The first kappa shape index (κ1) is 13.8. The Kier molecular flexibility index (Phi) is 3.65. The van der Waals surface area contributed by atoms with Crippen molar-refractivity contribution < 1.29 is 9.47 Å². The standard InChI is InChI=1S/C16H29NO2/c1-10(2)9-18-15-8-14(16(15,3)4)17-12-7-11-5-6-13(12)19-11/h10-15,17H,5-9H2,1-4H3. The molecule has 1 aliphatic carbocycles. The predicted octanol–water partition coefficient (Wildman–Crippen LogP) is 2.74. The molecule has 2 aliphatic heterocycles. The number of hydrogen-bond acceptors (Lipinski definition) is 3. The molecule has 5 unspecified atom stereocenters. The maximum Gasteiger partial charge on any atom is 0.0733 e. The molecule has 3 heteroatoms. The maximum absolute atomic E-state index is 6.04. The second-order valence-corrected chi connectivity index (χ2v) is 7.71. The van der Waals surface area contributed by atoms with Gasteiger partial charge in [-0.05, 0) is 31.6 Å². The second kappa shape index (κ2) is 5.01. The lowest BCUT2D eigenvalue weighted by Gasteiger charge is -2.53. The van der Waals surface area contributed by atoms with Gasteiger partial charge in [0.25, 0.3) is 0 Å². The SMILES string of the molecule is CC(C)COC1CC(NC2CC3CCC2O3)C1(C)C. The largest absolute Gasteiger partial charge is 0.377 e. The highest BCUT2D eigenvalue weighted by molar-refractivity contribution is 5.06. The molecule has 5 atom stereocenters. The highest BCUT2D eigenvalue weighted by Gasteiger charge is 2.51. The van der Waals surface area contributed by atoms with Gasteiger partial charge in [-0.15, -0.1) is 0 Å². The molecule has 110 valence electrons. The Bertz CT molecular complexity index is 329. The van der Waals surface area contributed by atoms with Crippen LogP contribution in [0.3, 0.4) is 0 Å². The van der Waals surface area contributed by atoms with Crippen molar-refractivity contribution in [1.29, 1.82) is 0 Å². The fourth-order valence-corrected chi connectivity index (χ4v) is 3.83. The Morgan fingerprint density at radius 3 is 2.58 bits per heavy atom. The van der Waals surface area contributed by atoms with Gasteiger partial charge in [-0.3, -0.25) is 0 Å². The quantitative estimate of drug-likeness (QED) is 0.831. The molecule has 0 radical (unpaired) electrons. The molecule has 0 amide bonds. The first-order valence-corrected chi connectivity index (χ1v) is 8.00. The van der Waals surface area contributed by atoms with Crippen LogP contribution in [0.15, 0.2) is 0 Å². The van der Waals surface area contributed by atoms with E-state index >= 15 is 0 Å². The van der Waals surface area contributed by atoms with Crippen molar-refractivity contribution in [3.05, 3.63) is 0 Å². The van der Waals surface area contributed by atoms with E-state index in [0.29, 0.717) is 36.3 Å².